The Labute approximate surface area is 90.3 Å². The van der Waals surface area contributed by atoms with Gasteiger partial charge in [0.1, 0.15) is 6.10 Å². The molecule has 80 valence electrons. The summed E-state index contributed by atoms with van der Waals surface area (Å²) in [7, 11) is 0. The summed E-state index contributed by atoms with van der Waals surface area (Å²) in [6, 6.07) is 6.10. The molecule has 0 saturated heterocycles. The van der Waals surface area contributed by atoms with Crippen LogP contribution in [0.25, 0.3) is 0 Å². The van der Waals surface area contributed by atoms with Crippen molar-refractivity contribution in [2.75, 3.05) is 0 Å². The zero-order chi connectivity index (χ0) is 10.8. The third-order valence-electron chi connectivity index (χ3n) is 2.78. The van der Waals surface area contributed by atoms with Crippen molar-refractivity contribution < 1.29 is 9.53 Å². The summed E-state index contributed by atoms with van der Waals surface area (Å²) in [4.78, 5) is 11.8. The minimum absolute atomic E-state index is 0.0156. The predicted molar refractivity (Wildman–Crippen MR) is 59.0 cm³/mol. The molecule has 0 spiro atoms. The second-order valence-electron chi connectivity index (χ2n) is 4.12. The molecular weight excluding hydrogens is 188 g/mol. The van der Waals surface area contributed by atoms with E-state index >= 15 is 0 Å². The van der Waals surface area contributed by atoms with Gasteiger partial charge in [0.15, 0.2) is 0 Å². The number of fused-ring (bicyclic) bond motifs is 1. The van der Waals surface area contributed by atoms with E-state index in [2.05, 4.69) is 6.92 Å². The highest BCUT2D eigenvalue weighted by atomic mass is 16.5. The second-order valence-corrected chi connectivity index (χ2v) is 4.12. The lowest BCUT2D eigenvalue weighted by Crippen LogP contribution is -2.26. The number of hydrogen-bond acceptors (Lipinski definition) is 2. The van der Waals surface area contributed by atoms with Crippen LogP contribution in [0.3, 0.4) is 0 Å². The van der Waals surface area contributed by atoms with E-state index in [0.717, 1.165) is 36.0 Å². The maximum absolute atomic E-state index is 11.8. The second kappa shape index (κ2) is 4.05. The number of carbonyl (C=O) groups is 1. The quantitative estimate of drug-likeness (QED) is 0.692. The van der Waals surface area contributed by atoms with Crippen LogP contribution in [-0.4, -0.2) is 12.1 Å². The van der Waals surface area contributed by atoms with E-state index in [1.165, 1.54) is 0 Å². The molecule has 2 heteroatoms. The van der Waals surface area contributed by atoms with Crippen LogP contribution in [0.4, 0.5) is 0 Å². The fourth-order valence-corrected chi connectivity index (χ4v) is 2.16. The molecule has 1 aromatic carbocycles. The Bertz CT molecular complexity index is 368. The molecule has 1 heterocycles. The van der Waals surface area contributed by atoms with E-state index in [1.54, 1.807) is 0 Å². The van der Waals surface area contributed by atoms with Crippen LogP contribution >= 0.6 is 0 Å². The van der Waals surface area contributed by atoms with Crippen LogP contribution < -0.4 is 0 Å². The van der Waals surface area contributed by atoms with E-state index in [1.807, 2.05) is 25.1 Å². The number of hydrogen-bond donors (Lipinski definition) is 0. The van der Waals surface area contributed by atoms with Crippen molar-refractivity contribution in [2.45, 2.75) is 39.2 Å². The van der Waals surface area contributed by atoms with Crippen LogP contribution in [-0.2, 0) is 17.6 Å². The Morgan fingerprint density at radius 2 is 2.27 bits per heavy atom. The van der Waals surface area contributed by atoms with Crippen molar-refractivity contribution in [3.05, 3.63) is 34.9 Å². The molecular formula is C13H16O2. The number of cyclic esters (lactones) is 1. The van der Waals surface area contributed by atoms with Gasteiger partial charge in [-0.15, -0.1) is 0 Å². The summed E-state index contributed by atoms with van der Waals surface area (Å²) in [5, 5.41) is 0. The first-order chi connectivity index (χ1) is 7.22. The first-order valence-electron chi connectivity index (χ1n) is 5.54. The molecule has 2 rings (SSSR count). The first-order valence-corrected chi connectivity index (χ1v) is 5.54. The van der Waals surface area contributed by atoms with Gasteiger partial charge in [0, 0.05) is 6.42 Å². The van der Waals surface area contributed by atoms with Gasteiger partial charge in [0.25, 0.3) is 0 Å². The van der Waals surface area contributed by atoms with E-state index in [0.29, 0.717) is 0 Å². The standard InChI is InChI=1S/C13H16O2/c1-3-5-10-6-4-7-11-8-9(2)15-13(14)12(10)11/h4,6-7,9H,3,5,8H2,1-2H3. The van der Waals surface area contributed by atoms with Crippen molar-refractivity contribution in [3.63, 3.8) is 0 Å². The lowest BCUT2D eigenvalue weighted by Gasteiger charge is -2.23. The van der Waals surface area contributed by atoms with Crippen LogP contribution in [0.5, 0.6) is 0 Å². The van der Waals surface area contributed by atoms with Gasteiger partial charge in [-0.05, 0) is 24.5 Å². The number of esters is 1. The molecule has 0 N–H and O–H groups in total. The SMILES string of the molecule is CCCc1cccc2c1C(=O)OC(C)C2. The molecule has 0 aromatic heterocycles. The van der Waals surface area contributed by atoms with Crippen molar-refractivity contribution in [3.8, 4) is 0 Å². The average molecular weight is 204 g/mol. The van der Waals surface area contributed by atoms with Crippen LogP contribution in [0.2, 0.25) is 0 Å². The van der Waals surface area contributed by atoms with Crippen LogP contribution in [0, 0.1) is 0 Å². The van der Waals surface area contributed by atoms with Crippen molar-refractivity contribution >= 4 is 5.97 Å². The molecule has 1 aliphatic heterocycles. The molecule has 1 atom stereocenters. The minimum Gasteiger partial charge on any atom is -0.459 e. The lowest BCUT2D eigenvalue weighted by molar-refractivity contribution is 0.0299. The monoisotopic (exact) mass is 204 g/mol. The molecule has 0 amide bonds. The van der Waals surface area contributed by atoms with E-state index in [-0.39, 0.29) is 12.1 Å². The highest BCUT2D eigenvalue weighted by Gasteiger charge is 2.25. The van der Waals surface area contributed by atoms with Crippen molar-refractivity contribution in [2.24, 2.45) is 0 Å². The molecule has 0 radical (unpaired) electrons. The van der Waals surface area contributed by atoms with Gasteiger partial charge in [0.05, 0.1) is 5.56 Å². The largest absolute Gasteiger partial charge is 0.459 e. The maximum Gasteiger partial charge on any atom is 0.338 e. The fourth-order valence-electron chi connectivity index (χ4n) is 2.16. The van der Waals surface area contributed by atoms with Gasteiger partial charge < -0.3 is 4.74 Å². The normalized spacial score (nSPS) is 19.6. The number of aryl methyl sites for hydroxylation is 1. The Balaban J connectivity index is 2.45. The van der Waals surface area contributed by atoms with Gasteiger partial charge in [-0.25, -0.2) is 4.79 Å². The topological polar surface area (TPSA) is 26.3 Å². The van der Waals surface area contributed by atoms with E-state index < -0.39 is 0 Å². The van der Waals surface area contributed by atoms with Crippen molar-refractivity contribution in [1.29, 1.82) is 0 Å². The molecule has 1 unspecified atom stereocenters. The third kappa shape index (κ3) is 1.89. The summed E-state index contributed by atoms with van der Waals surface area (Å²) in [6.07, 6.45) is 2.87. The Hall–Kier alpha value is -1.31. The van der Waals surface area contributed by atoms with Gasteiger partial charge in [-0.1, -0.05) is 31.5 Å². The number of carbonyl (C=O) groups excluding carboxylic acids is 1. The Kier molecular flexibility index (Phi) is 2.76. The zero-order valence-corrected chi connectivity index (χ0v) is 9.25. The summed E-state index contributed by atoms with van der Waals surface area (Å²) in [6.45, 7) is 4.06. The molecule has 1 aromatic rings. The highest BCUT2D eigenvalue weighted by Crippen LogP contribution is 2.24. The lowest BCUT2D eigenvalue weighted by atomic mass is 9.93. The Morgan fingerprint density at radius 3 is 3.00 bits per heavy atom. The molecule has 15 heavy (non-hydrogen) atoms. The van der Waals surface area contributed by atoms with E-state index in [4.69, 9.17) is 4.74 Å². The fraction of sp³-hybridized carbons (Fsp3) is 0.462. The summed E-state index contributed by atoms with van der Waals surface area (Å²) < 4.78 is 5.26. The molecule has 0 bridgehead atoms. The number of benzene rings is 1. The molecule has 0 aliphatic carbocycles. The van der Waals surface area contributed by atoms with E-state index in [9.17, 15) is 4.79 Å². The van der Waals surface area contributed by atoms with Crippen LogP contribution in [0.15, 0.2) is 18.2 Å². The average Bonchev–Trinajstić information content (AvgIpc) is 2.17. The van der Waals surface area contributed by atoms with Crippen LogP contribution in [0.1, 0.15) is 41.8 Å². The first kappa shape index (κ1) is 10.2. The van der Waals surface area contributed by atoms with Crippen molar-refractivity contribution in [1.82, 2.24) is 0 Å². The predicted octanol–water partition coefficient (Wildman–Crippen LogP) is 2.74. The summed E-state index contributed by atoms with van der Waals surface area (Å²) in [5.74, 6) is -0.146. The number of ether oxygens (including phenoxy) is 1. The summed E-state index contributed by atoms with van der Waals surface area (Å²) in [5.41, 5.74) is 3.09. The number of rotatable bonds is 2. The summed E-state index contributed by atoms with van der Waals surface area (Å²) >= 11 is 0. The molecule has 0 saturated carbocycles. The smallest absolute Gasteiger partial charge is 0.338 e. The third-order valence-corrected chi connectivity index (χ3v) is 2.78. The molecule has 0 fully saturated rings. The molecule has 1 aliphatic rings. The minimum atomic E-state index is -0.146. The zero-order valence-electron chi connectivity index (χ0n) is 9.25. The van der Waals surface area contributed by atoms with Gasteiger partial charge in [-0.2, -0.15) is 0 Å². The molecule has 2 nitrogen and oxygen atoms in total. The van der Waals surface area contributed by atoms with Gasteiger partial charge in [-0.3, -0.25) is 0 Å². The Morgan fingerprint density at radius 1 is 1.47 bits per heavy atom. The highest BCUT2D eigenvalue weighted by molar-refractivity contribution is 5.93. The maximum atomic E-state index is 11.8. The van der Waals surface area contributed by atoms with Gasteiger partial charge in [0.2, 0.25) is 0 Å². The van der Waals surface area contributed by atoms with Gasteiger partial charge >= 0.3 is 5.97 Å².